The zero-order valence-corrected chi connectivity index (χ0v) is 14.7. The van der Waals surface area contributed by atoms with Gasteiger partial charge in [0, 0.05) is 17.1 Å². The molecule has 1 aliphatic rings. The zero-order chi connectivity index (χ0) is 15.3. The summed E-state index contributed by atoms with van der Waals surface area (Å²) in [7, 11) is 2.03. The SMILES string of the molecule is CNC(CCN1CCCC(C)(O)CC1)c1cccc(Br)c1. The lowest BCUT2D eigenvalue weighted by atomic mass is 9.98. The van der Waals surface area contributed by atoms with E-state index in [0.29, 0.717) is 6.04 Å². The number of aliphatic hydroxyl groups is 1. The number of hydrogen-bond acceptors (Lipinski definition) is 3. The Morgan fingerprint density at radius 3 is 2.90 bits per heavy atom. The third-order valence-corrected chi connectivity index (χ3v) is 4.98. The molecule has 2 N–H and O–H groups in total. The van der Waals surface area contributed by atoms with Gasteiger partial charge in [-0.2, -0.15) is 0 Å². The lowest BCUT2D eigenvalue weighted by Crippen LogP contribution is -2.31. The summed E-state index contributed by atoms with van der Waals surface area (Å²) in [5.41, 5.74) is 0.857. The summed E-state index contributed by atoms with van der Waals surface area (Å²) in [5.74, 6) is 0. The lowest BCUT2D eigenvalue weighted by Gasteiger charge is -2.25. The van der Waals surface area contributed by atoms with E-state index in [1.54, 1.807) is 0 Å². The second-order valence-electron chi connectivity index (χ2n) is 6.38. The van der Waals surface area contributed by atoms with Crippen molar-refractivity contribution in [3.63, 3.8) is 0 Å². The number of halogens is 1. The monoisotopic (exact) mass is 354 g/mol. The second kappa shape index (κ2) is 7.73. The van der Waals surface area contributed by atoms with Crippen LogP contribution >= 0.6 is 15.9 Å². The van der Waals surface area contributed by atoms with E-state index < -0.39 is 5.60 Å². The van der Waals surface area contributed by atoms with Crippen molar-refractivity contribution in [3.8, 4) is 0 Å². The van der Waals surface area contributed by atoms with Gasteiger partial charge >= 0.3 is 0 Å². The molecule has 2 unspecified atom stereocenters. The van der Waals surface area contributed by atoms with Crippen LogP contribution in [0.4, 0.5) is 0 Å². The first-order chi connectivity index (χ1) is 10.00. The number of benzene rings is 1. The predicted octanol–water partition coefficient (Wildman–Crippen LogP) is 3.34. The molecule has 0 spiro atoms. The molecule has 1 aromatic rings. The molecule has 0 saturated carbocycles. The molecule has 0 radical (unpaired) electrons. The van der Waals surface area contributed by atoms with Gasteiger partial charge in [0.15, 0.2) is 0 Å². The third-order valence-electron chi connectivity index (χ3n) is 4.49. The topological polar surface area (TPSA) is 35.5 Å². The highest BCUT2D eigenvalue weighted by Gasteiger charge is 2.25. The van der Waals surface area contributed by atoms with Gasteiger partial charge in [0.05, 0.1) is 5.60 Å². The van der Waals surface area contributed by atoms with Crippen molar-refractivity contribution >= 4 is 15.9 Å². The van der Waals surface area contributed by atoms with Crippen molar-refractivity contribution in [2.45, 2.75) is 44.2 Å². The average molecular weight is 355 g/mol. The van der Waals surface area contributed by atoms with Gasteiger partial charge < -0.3 is 15.3 Å². The molecular formula is C17H27BrN2O. The highest BCUT2D eigenvalue weighted by atomic mass is 79.9. The Bertz CT molecular complexity index is 450. The van der Waals surface area contributed by atoms with Crippen LogP contribution in [0, 0.1) is 0 Å². The molecule has 1 aliphatic heterocycles. The van der Waals surface area contributed by atoms with Crippen LogP contribution < -0.4 is 5.32 Å². The summed E-state index contributed by atoms with van der Waals surface area (Å²) >= 11 is 3.54. The first-order valence-corrected chi connectivity index (χ1v) is 8.67. The van der Waals surface area contributed by atoms with Crippen LogP contribution in [-0.4, -0.2) is 42.3 Å². The molecule has 1 heterocycles. The summed E-state index contributed by atoms with van der Waals surface area (Å²) in [6.07, 6.45) is 3.99. The van der Waals surface area contributed by atoms with E-state index in [4.69, 9.17) is 0 Å². The van der Waals surface area contributed by atoms with Crippen molar-refractivity contribution in [1.29, 1.82) is 0 Å². The van der Waals surface area contributed by atoms with Gasteiger partial charge in [-0.05, 0) is 70.4 Å². The quantitative estimate of drug-likeness (QED) is 0.851. The smallest absolute Gasteiger partial charge is 0.0632 e. The number of rotatable bonds is 5. The van der Waals surface area contributed by atoms with Crippen LogP contribution in [0.5, 0.6) is 0 Å². The molecule has 1 aromatic carbocycles. The van der Waals surface area contributed by atoms with Crippen molar-refractivity contribution in [3.05, 3.63) is 34.3 Å². The molecule has 0 aliphatic carbocycles. The van der Waals surface area contributed by atoms with E-state index in [1.165, 1.54) is 5.56 Å². The van der Waals surface area contributed by atoms with Gasteiger partial charge in [-0.1, -0.05) is 28.1 Å². The average Bonchev–Trinajstić information content (AvgIpc) is 2.61. The first-order valence-electron chi connectivity index (χ1n) is 7.88. The number of likely N-dealkylation sites (tertiary alicyclic amines) is 1. The van der Waals surface area contributed by atoms with Gasteiger partial charge in [-0.25, -0.2) is 0 Å². The van der Waals surface area contributed by atoms with Crippen molar-refractivity contribution in [2.24, 2.45) is 0 Å². The van der Waals surface area contributed by atoms with Crippen LogP contribution in [0.3, 0.4) is 0 Å². The Hall–Kier alpha value is -0.420. The molecular weight excluding hydrogens is 328 g/mol. The van der Waals surface area contributed by atoms with Crippen LogP contribution in [-0.2, 0) is 0 Å². The van der Waals surface area contributed by atoms with Crippen LogP contribution in [0.25, 0.3) is 0 Å². The molecule has 21 heavy (non-hydrogen) atoms. The molecule has 4 heteroatoms. The molecule has 1 saturated heterocycles. The summed E-state index contributed by atoms with van der Waals surface area (Å²) in [4.78, 5) is 2.49. The highest BCUT2D eigenvalue weighted by Crippen LogP contribution is 2.24. The first kappa shape index (κ1) is 16.9. The Kier molecular flexibility index (Phi) is 6.23. The Labute approximate surface area is 136 Å². The van der Waals surface area contributed by atoms with E-state index in [1.807, 2.05) is 14.0 Å². The normalized spacial score (nSPS) is 25.5. The fourth-order valence-electron chi connectivity index (χ4n) is 3.06. The Morgan fingerprint density at radius 2 is 2.19 bits per heavy atom. The molecule has 118 valence electrons. The molecule has 3 nitrogen and oxygen atoms in total. The van der Waals surface area contributed by atoms with E-state index in [0.717, 1.165) is 49.8 Å². The van der Waals surface area contributed by atoms with Crippen LogP contribution in [0.1, 0.15) is 44.2 Å². The fourth-order valence-corrected chi connectivity index (χ4v) is 3.47. The van der Waals surface area contributed by atoms with Gasteiger partial charge in [0.2, 0.25) is 0 Å². The van der Waals surface area contributed by atoms with Gasteiger partial charge in [0.25, 0.3) is 0 Å². The molecule has 0 bridgehead atoms. The van der Waals surface area contributed by atoms with E-state index in [9.17, 15) is 5.11 Å². The minimum Gasteiger partial charge on any atom is -0.390 e. The van der Waals surface area contributed by atoms with Gasteiger partial charge in [0.1, 0.15) is 0 Å². The zero-order valence-electron chi connectivity index (χ0n) is 13.1. The maximum absolute atomic E-state index is 10.2. The largest absolute Gasteiger partial charge is 0.390 e. The molecule has 1 fully saturated rings. The molecule has 2 rings (SSSR count). The minimum absolute atomic E-state index is 0.381. The highest BCUT2D eigenvalue weighted by molar-refractivity contribution is 9.10. The summed E-state index contributed by atoms with van der Waals surface area (Å²) in [5, 5.41) is 13.6. The number of nitrogens with zero attached hydrogens (tertiary/aromatic N) is 1. The summed E-state index contributed by atoms with van der Waals surface area (Å²) in [6, 6.07) is 8.90. The summed E-state index contributed by atoms with van der Waals surface area (Å²) in [6.45, 7) is 5.15. The van der Waals surface area contributed by atoms with Crippen LogP contribution in [0.15, 0.2) is 28.7 Å². The van der Waals surface area contributed by atoms with Crippen LogP contribution in [0.2, 0.25) is 0 Å². The van der Waals surface area contributed by atoms with E-state index in [-0.39, 0.29) is 0 Å². The molecule has 0 amide bonds. The maximum Gasteiger partial charge on any atom is 0.0632 e. The third kappa shape index (κ3) is 5.37. The van der Waals surface area contributed by atoms with E-state index >= 15 is 0 Å². The standard InChI is InChI=1S/C17H27BrN2O/c1-17(21)8-4-10-20(12-9-17)11-7-16(19-2)14-5-3-6-15(18)13-14/h3,5-6,13,16,19,21H,4,7-12H2,1-2H3. The molecule has 2 atom stereocenters. The van der Waals surface area contributed by atoms with Gasteiger partial charge in [-0.15, -0.1) is 0 Å². The van der Waals surface area contributed by atoms with Crippen molar-refractivity contribution < 1.29 is 5.11 Å². The predicted molar refractivity (Wildman–Crippen MR) is 91.5 cm³/mol. The Morgan fingerprint density at radius 1 is 1.38 bits per heavy atom. The maximum atomic E-state index is 10.2. The van der Waals surface area contributed by atoms with Crippen molar-refractivity contribution in [2.75, 3.05) is 26.7 Å². The summed E-state index contributed by atoms with van der Waals surface area (Å²) < 4.78 is 1.13. The number of hydrogen-bond donors (Lipinski definition) is 2. The molecule has 0 aromatic heterocycles. The minimum atomic E-state index is -0.471. The lowest BCUT2D eigenvalue weighted by molar-refractivity contribution is 0.0445. The van der Waals surface area contributed by atoms with Gasteiger partial charge in [-0.3, -0.25) is 0 Å². The number of nitrogens with one attached hydrogen (secondary N) is 1. The van der Waals surface area contributed by atoms with E-state index in [2.05, 4.69) is 50.4 Å². The van der Waals surface area contributed by atoms with Crippen molar-refractivity contribution in [1.82, 2.24) is 10.2 Å². The second-order valence-corrected chi connectivity index (χ2v) is 7.29. The Balaban J connectivity index is 1.88. The fraction of sp³-hybridized carbons (Fsp3) is 0.647.